The van der Waals surface area contributed by atoms with Crippen LogP contribution in [0, 0.1) is 0 Å². The summed E-state index contributed by atoms with van der Waals surface area (Å²) in [5.74, 6) is 1.02. The Hall–Kier alpha value is -2.79. The number of hydrogen-bond acceptors (Lipinski definition) is 9. The summed E-state index contributed by atoms with van der Waals surface area (Å²) in [5.41, 5.74) is 1.83. The molecule has 0 atom stereocenters. The largest absolute Gasteiger partial charge is 0.497 e. The van der Waals surface area contributed by atoms with E-state index in [1.807, 2.05) is 25.2 Å². The van der Waals surface area contributed by atoms with Crippen molar-refractivity contribution in [2.45, 2.75) is 13.2 Å². The van der Waals surface area contributed by atoms with E-state index in [2.05, 4.69) is 30.7 Å². The van der Waals surface area contributed by atoms with Crippen molar-refractivity contribution >= 4 is 38.4 Å². The van der Waals surface area contributed by atoms with Crippen LogP contribution in [-0.4, -0.2) is 41.5 Å². The molecule has 3 aromatic rings. The van der Waals surface area contributed by atoms with E-state index in [1.54, 1.807) is 25.0 Å². The molecule has 0 amide bonds. The first kappa shape index (κ1) is 21.9. The number of esters is 1. The Kier molecular flexibility index (Phi) is 7.16. The molecule has 1 N–H and O–H groups in total. The highest BCUT2D eigenvalue weighted by Crippen LogP contribution is 2.33. The Labute approximate surface area is 186 Å². The normalized spacial score (nSPS) is 10.6. The van der Waals surface area contributed by atoms with Crippen LogP contribution in [0.15, 0.2) is 28.9 Å². The van der Waals surface area contributed by atoms with Crippen LogP contribution in [0.4, 0.5) is 5.00 Å². The van der Waals surface area contributed by atoms with Gasteiger partial charge in [-0.25, -0.2) is 4.79 Å². The van der Waals surface area contributed by atoms with Crippen molar-refractivity contribution in [3.63, 3.8) is 0 Å². The Bertz CT molecular complexity index is 1020. The maximum absolute atomic E-state index is 12.4. The molecule has 0 radical (unpaired) electrons. The molecule has 0 fully saturated rings. The van der Waals surface area contributed by atoms with Crippen molar-refractivity contribution in [1.29, 1.82) is 0 Å². The molecular weight excluding hydrogens is 476 g/mol. The molecule has 0 bridgehead atoms. The van der Waals surface area contributed by atoms with E-state index in [9.17, 15) is 4.79 Å². The van der Waals surface area contributed by atoms with Gasteiger partial charge in [0.05, 0.1) is 21.3 Å². The minimum Gasteiger partial charge on any atom is -0.497 e. The summed E-state index contributed by atoms with van der Waals surface area (Å²) in [6.07, 6.45) is 0. The number of halogens is 1. The van der Waals surface area contributed by atoms with Gasteiger partial charge >= 0.3 is 5.97 Å². The molecule has 0 aliphatic heterocycles. The number of benzene rings is 1. The smallest absolute Gasteiger partial charge is 0.346 e. The van der Waals surface area contributed by atoms with Gasteiger partial charge in [0.25, 0.3) is 0 Å². The SMILES string of the molecule is COC(=O)c1c(OCc2cc(Br)n(C)n2)nsc1NCc1ccc(OC)cc1OC. The lowest BCUT2D eigenvalue weighted by atomic mass is 10.2. The van der Waals surface area contributed by atoms with Gasteiger partial charge in [-0.2, -0.15) is 9.47 Å². The molecular formula is C19H21BrN4O5S. The lowest BCUT2D eigenvalue weighted by Crippen LogP contribution is -2.09. The second kappa shape index (κ2) is 9.81. The summed E-state index contributed by atoms with van der Waals surface area (Å²) < 4.78 is 28.1. The first-order chi connectivity index (χ1) is 14.5. The van der Waals surface area contributed by atoms with E-state index in [0.29, 0.717) is 28.7 Å². The van der Waals surface area contributed by atoms with Crippen molar-refractivity contribution in [2.75, 3.05) is 26.6 Å². The fourth-order valence-corrected chi connectivity index (χ4v) is 3.72. The Morgan fingerprint density at radius 3 is 2.67 bits per heavy atom. The highest BCUT2D eigenvalue weighted by atomic mass is 79.9. The average Bonchev–Trinajstić information content (AvgIpc) is 3.32. The molecule has 0 aliphatic carbocycles. The number of nitrogens with one attached hydrogen (secondary N) is 1. The molecule has 9 nitrogen and oxygen atoms in total. The quantitative estimate of drug-likeness (QED) is 0.448. The van der Waals surface area contributed by atoms with Crippen LogP contribution in [0.25, 0.3) is 0 Å². The third-order valence-corrected chi connectivity index (χ3v) is 5.74. The van der Waals surface area contributed by atoms with Crippen LogP contribution < -0.4 is 19.5 Å². The van der Waals surface area contributed by atoms with Crippen LogP contribution in [0.2, 0.25) is 0 Å². The highest BCUT2D eigenvalue weighted by molar-refractivity contribution is 9.10. The number of carbonyl (C=O) groups excluding carboxylic acids is 1. The van der Waals surface area contributed by atoms with Gasteiger partial charge in [-0.15, -0.1) is 0 Å². The Morgan fingerprint density at radius 2 is 2.03 bits per heavy atom. The van der Waals surface area contributed by atoms with E-state index in [1.165, 1.54) is 7.11 Å². The van der Waals surface area contributed by atoms with Gasteiger partial charge in [-0.1, -0.05) is 0 Å². The molecule has 1 aromatic carbocycles. The number of methoxy groups -OCH3 is 3. The number of rotatable bonds is 9. The van der Waals surface area contributed by atoms with Gasteiger partial charge in [-0.3, -0.25) is 4.68 Å². The van der Waals surface area contributed by atoms with Crippen molar-refractivity contribution in [1.82, 2.24) is 14.2 Å². The molecule has 2 aromatic heterocycles. The zero-order chi connectivity index (χ0) is 21.7. The monoisotopic (exact) mass is 496 g/mol. The maximum Gasteiger partial charge on any atom is 0.346 e. The number of anilines is 1. The summed E-state index contributed by atoms with van der Waals surface area (Å²) >= 11 is 4.50. The predicted octanol–water partition coefficient (Wildman–Crippen LogP) is 3.63. The average molecular weight is 497 g/mol. The summed E-state index contributed by atoms with van der Waals surface area (Å²) in [6.45, 7) is 0.574. The van der Waals surface area contributed by atoms with Crippen LogP contribution in [0.3, 0.4) is 0 Å². The second-order valence-corrected chi connectivity index (χ2v) is 7.67. The summed E-state index contributed by atoms with van der Waals surface area (Å²) in [5, 5.41) is 8.06. The Balaban J connectivity index is 1.77. The molecule has 0 unspecified atom stereocenters. The van der Waals surface area contributed by atoms with Crippen molar-refractivity contribution in [3.05, 3.63) is 45.7 Å². The van der Waals surface area contributed by atoms with Gasteiger partial charge in [0.1, 0.15) is 33.4 Å². The lowest BCUT2D eigenvalue weighted by molar-refractivity contribution is 0.0596. The third-order valence-electron chi connectivity index (χ3n) is 4.21. The van der Waals surface area contributed by atoms with Gasteiger partial charge < -0.3 is 24.3 Å². The number of nitrogens with zero attached hydrogens (tertiary/aromatic N) is 3. The fraction of sp³-hybridized carbons (Fsp3) is 0.316. The predicted molar refractivity (Wildman–Crippen MR) is 116 cm³/mol. The summed E-state index contributed by atoms with van der Waals surface area (Å²) in [4.78, 5) is 12.4. The van der Waals surface area contributed by atoms with Crippen LogP contribution in [0.5, 0.6) is 17.4 Å². The topological polar surface area (TPSA) is 96.7 Å². The zero-order valence-electron chi connectivity index (χ0n) is 16.9. The summed E-state index contributed by atoms with van der Waals surface area (Å²) in [6, 6.07) is 7.36. The molecule has 3 rings (SSSR count). The molecule has 0 saturated heterocycles. The first-order valence-electron chi connectivity index (χ1n) is 8.80. The van der Waals surface area contributed by atoms with E-state index in [-0.39, 0.29) is 18.1 Å². The standard InChI is InChI=1S/C19H21BrN4O5S/c1-24-15(20)7-12(22-24)10-29-17-16(19(25)28-4)18(30-23-17)21-9-11-5-6-13(26-2)8-14(11)27-3/h5-8,21H,9-10H2,1-4H3. The molecule has 11 heteroatoms. The Morgan fingerprint density at radius 1 is 1.23 bits per heavy atom. The van der Waals surface area contributed by atoms with E-state index in [4.69, 9.17) is 18.9 Å². The van der Waals surface area contributed by atoms with Gasteiger partial charge in [-0.05, 0) is 45.7 Å². The molecule has 0 spiro atoms. The summed E-state index contributed by atoms with van der Waals surface area (Å²) in [7, 11) is 6.31. The van der Waals surface area contributed by atoms with Crippen LogP contribution in [-0.2, 0) is 24.9 Å². The minimum absolute atomic E-state index is 0.166. The number of aryl methyl sites for hydroxylation is 1. The number of carbonyl (C=O) groups is 1. The van der Waals surface area contributed by atoms with Crippen molar-refractivity contribution in [2.24, 2.45) is 7.05 Å². The fourth-order valence-electron chi connectivity index (χ4n) is 2.66. The van der Waals surface area contributed by atoms with Crippen molar-refractivity contribution < 1.29 is 23.7 Å². The van der Waals surface area contributed by atoms with Gasteiger partial charge in [0.15, 0.2) is 5.56 Å². The molecule has 2 heterocycles. The first-order valence-corrected chi connectivity index (χ1v) is 10.4. The highest BCUT2D eigenvalue weighted by Gasteiger charge is 2.24. The molecule has 0 aliphatic rings. The molecule has 160 valence electrons. The van der Waals surface area contributed by atoms with Gasteiger partial charge in [0.2, 0.25) is 5.88 Å². The van der Waals surface area contributed by atoms with Gasteiger partial charge in [0, 0.05) is 25.2 Å². The number of aromatic nitrogens is 3. The van der Waals surface area contributed by atoms with E-state index >= 15 is 0 Å². The maximum atomic E-state index is 12.4. The second-order valence-electron chi connectivity index (χ2n) is 6.09. The number of hydrogen-bond donors (Lipinski definition) is 1. The minimum atomic E-state index is -0.537. The van der Waals surface area contributed by atoms with Crippen LogP contribution in [0.1, 0.15) is 21.6 Å². The van der Waals surface area contributed by atoms with Crippen LogP contribution >= 0.6 is 27.5 Å². The third kappa shape index (κ3) is 4.85. The van der Waals surface area contributed by atoms with Crippen molar-refractivity contribution in [3.8, 4) is 17.4 Å². The number of ether oxygens (including phenoxy) is 4. The molecule has 0 saturated carbocycles. The van der Waals surface area contributed by atoms with E-state index < -0.39 is 5.97 Å². The molecule has 30 heavy (non-hydrogen) atoms. The van der Waals surface area contributed by atoms with E-state index in [0.717, 1.165) is 21.7 Å². The zero-order valence-corrected chi connectivity index (χ0v) is 19.3. The lowest BCUT2D eigenvalue weighted by Gasteiger charge is -2.12.